The molecule has 0 heterocycles. The molecule has 0 atom stereocenters. The minimum Gasteiger partial charge on any atom is -0.412 e. The first-order valence-electron chi connectivity index (χ1n) is 7.66. The number of amides is 1. The molecule has 2 aromatic rings. The molecule has 1 amide bonds. The largest absolute Gasteiger partial charge is 0.460 e. The number of halogens is 7. The van der Waals surface area contributed by atoms with Crippen molar-refractivity contribution >= 4 is 5.91 Å². The van der Waals surface area contributed by atoms with E-state index < -0.39 is 37.0 Å². The molecular weight excluding hydrogens is 395 g/mol. The maximum atomic E-state index is 13.9. The van der Waals surface area contributed by atoms with Gasteiger partial charge >= 0.3 is 23.9 Å². The second kappa shape index (κ2) is 8.59. The van der Waals surface area contributed by atoms with Gasteiger partial charge in [-0.05, 0) is 11.1 Å². The molecule has 0 aromatic heterocycles. The molecule has 2 rings (SSSR count). The molecule has 10 heteroatoms. The quantitative estimate of drug-likeness (QED) is 0.657. The minimum absolute atomic E-state index is 0. The molecule has 0 saturated heterocycles. The summed E-state index contributed by atoms with van der Waals surface area (Å²) in [7, 11) is 0. The number of carbonyl (C=O) groups is 1. The third-order valence-corrected chi connectivity index (χ3v) is 3.74. The molecule has 2 aromatic carbocycles. The average molecular weight is 411 g/mol. The van der Waals surface area contributed by atoms with E-state index in [4.69, 9.17) is 0 Å². The normalized spacial score (nSPS) is 12.2. The van der Waals surface area contributed by atoms with Crippen LogP contribution in [-0.2, 0) is 17.9 Å². The van der Waals surface area contributed by atoms with E-state index in [1.54, 1.807) is 12.1 Å². The van der Waals surface area contributed by atoms with Crippen molar-refractivity contribution in [1.29, 1.82) is 0 Å². The van der Waals surface area contributed by atoms with Crippen molar-refractivity contribution in [1.82, 2.24) is 4.90 Å². The van der Waals surface area contributed by atoms with Crippen molar-refractivity contribution in [3.05, 3.63) is 71.8 Å². The lowest BCUT2D eigenvalue weighted by Gasteiger charge is -2.32. The standard InChI is InChI=1S/C18H14F7NO.H2O/c19-16(20,17(21,22)18(23,24)25)15(27)26(11-13-7-3-1-4-8-13)12-14-9-5-2-6-10-14;/h1-10H,11-12H2;1H2. The molecule has 0 aliphatic heterocycles. The van der Waals surface area contributed by atoms with E-state index >= 15 is 0 Å². The van der Waals surface area contributed by atoms with Crippen molar-refractivity contribution < 1.29 is 41.0 Å². The van der Waals surface area contributed by atoms with Crippen LogP contribution in [0, 0.1) is 0 Å². The number of hydrogen-bond donors (Lipinski definition) is 0. The Balaban J connectivity index is 0.00000392. The molecular formula is C18H16F7NO2. The second-order valence-corrected chi connectivity index (χ2v) is 5.78. The number of hydrogen-bond acceptors (Lipinski definition) is 1. The van der Waals surface area contributed by atoms with Crippen molar-refractivity contribution in [3.63, 3.8) is 0 Å². The van der Waals surface area contributed by atoms with E-state index in [1.807, 2.05) is 0 Å². The van der Waals surface area contributed by atoms with Crippen LogP contribution < -0.4 is 0 Å². The van der Waals surface area contributed by atoms with E-state index in [9.17, 15) is 35.5 Å². The predicted octanol–water partition coefficient (Wildman–Crippen LogP) is 4.22. The number of nitrogens with zero attached hydrogens (tertiary/aromatic N) is 1. The molecule has 0 radical (unpaired) electrons. The highest BCUT2D eigenvalue weighted by atomic mass is 19.4. The Hall–Kier alpha value is -2.62. The Bertz CT molecular complexity index is 723. The van der Waals surface area contributed by atoms with E-state index in [2.05, 4.69) is 0 Å². The molecule has 0 aliphatic rings. The fourth-order valence-corrected chi connectivity index (χ4v) is 2.32. The van der Waals surface area contributed by atoms with Crippen LogP contribution in [0.4, 0.5) is 30.7 Å². The molecule has 0 fully saturated rings. The van der Waals surface area contributed by atoms with Crippen LogP contribution in [0.15, 0.2) is 60.7 Å². The molecule has 154 valence electrons. The summed E-state index contributed by atoms with van der Waals surface area (Å²) in [6, 6.07) is 15.0. The zero-order chi connectivity index (χ0) is 20.3. The van der Waals surface area contributed by atoms with Crippen LogP contribution in [0.2, 0.25) is 0 Å². The predicted molar refractivity (Wildman–Crippen MR) is 86.7 cm³/mol. The van der Waals surface area contributed by atoms with Crippen LogP contribution in [0.5, 0.6) is 0 Å². The summed E-state index contributed by atoms with van der Waals surface area (Å²) in [5, 5.41) is 0. The van der Waals surface area contributed by atoms with Crippen molar-refractivity contribution in [2.75, 3.05) is 0 Å². The molecule has 0 aliphatic carbocycles. The molecule has 28 heavy (non-hydrogen) atoms. The monoisotopic (exact) mass is 411 g/mol. The van der Waals surface area contributed by atoms with Gasteiger partial charge < -0.3 is 10.4 Å². The van der Waals surface area contributed by atoms with Crippen LogP contribution in [0.1, 0.15) is 11.1 Å². The van der Waals surface area contributed by atoms with Gasteiger partial charge in [0.1, 0.15) is 0 Å². The summed E-state index contributed by atoms with van der Waals surface area (Å²) in [5.74, 6) is -15.0. The van der Waals surface area contributed by atoms with Crippen molar-refractivity contribution in [2.24, 2.45) is 0 Å². The van der Waals surface area contributed by atoms with Gasteiger partial charge in [0.05, 0.1) is 0 Å². The highest BCUT2D eigenvalue weighted by molar-refractivity contribution is 5.85. The third kappa shape index (κ3) is 4.80. The average Bonchev–Trinajstić information content (AvgIpc) is 2.61. The molecule has 0 saturated carbocycles. The fourth-order valence-electron chi connectivity index (χ4n) is 2.32. The van der Waals surface area contributed by atoms with Gasteiger partial charge in [-0.25, -0.2) is 0 Å². The Morgan fingerprint density at radius 2 is 1.07 bits per heavy atom. The highest BCUT2D eigenvalue weighted by Crippen LogP contribution is 2.47. The number of benzene rings is 2. The summed E-state index contributed by atoms with van der Waals surface area (Å²) in [5.41, 5.74) is 0.598. The molecule has 0 unspecified atom stereocenters. The smallest absolute Gasteiger partial charge is 0.412 e. The third-order valence-electron chi connectivity index (χ3n) is 3.74. The van der Waals surface area contributed by atoms with E-state index in [-0.39, 0.29) is 10.4 Å². The van der Waals surface area contributed by atoms with Gasteiger partial charge in [-0.1, -0.05) is 60.7 Å². The first-order chi connectivity index (χ1) is 12.5. The fraction of sp³-hybridized carbons (Fsp3) is 0.278. The molecule has 0 bridgehead atoms. The lowest BCUT2D eigenvalue weighted by molar-refractivity contribution is -0.346. The summed E-state index contributed by atoms with van der Waals surface area (Å²) >= 11 is 0. The van der Waals surface area contributed by atoms with Crippen molar-refractivity contribution in [3.8, 4) is 0 Å². The van der Waals surface area contributed by atoms with Gasteiger partial charge in [0.2, 0.25) is 0 Å². The lowest BCUT2D eigenvalue weighted by Crippen LogP contribution is -2.59. The maximum Gasteiger partial charge on any atom is 0.460 e. The summed E-state index contributed by atoms with van der Waals surface area (Å²) in [4.78, 5) is 12.3. The molecule has 2 N–H and O–H groups in total. The van der Waals surface area contributed by atoms with Crippen LogP contribution >= 0.6 is 0 Å². The zero-order valence-corrected chi connectivity index (χ0v) is 14.2. The Kier molecular flexibility index (Phi) is 7.19. The summed E-state index contributed by atoms with van der Waals surface area (Å²) in [6.45, 7) is -1.11. The maximum absolute atomic E-state index is 13.9. The first-order valence-corrected chi connectivity index (χ1v) is 7.66. The van der Waals surface area contributed by atoms with E-state index in [1.165, 1.54) is 48.5 Å². The lowest BCUT2D eigenvalue weighted by atomic mass is 10.1. The van der Waals surface area contributed by atoms with Gasteiger partial charge in [0.15, 0.2) is 0 Å². The number of alkyl halides is 7. The Labute approximate surface area is 155 Å². The van der Waals surface area contributed by atoms with Crippen LogP contribution in [-0.4, -0.2) is 34.3 Å². The van der Waals surface area contributed by atoms with Gasteiger partial charge in [-0.3, -0.25) is 4.79 Å². The van der Waals surface area contributed by atoms with Gasteiger partial charge in [-0.15, -0.1) is 0 Å². The zero-order valence-electron chi connectivity index (χ0n) is 14.2. The SMILES string of the molecule is O.O=C(N(Cc1ccccc1)Cc1ccccc1)C(F)(F)C(F)(F)C(F)(F)F. The summed E-state index contributed by atoms with van der Waals surface area (Å²) in [6.07, 6.45) is -6.57. The molecule has 0 spiro atoms. The van der Waals surface area contributed by atoms with Crippen LogP contribution in [0.25, 0.3) is 0 Å². The van der Waals surface area contributed by atoms with Crippen molar-refractivity contribution in [2.45, 2.75) is 31.1 Å². The van der Waals surface area contributed by atoms with Gasteiger partial charge in [0, 0.05) is 13.1 Å². The van der Waals surface area contributed by atoms with Crippen LogP contribution in [0.3, 0.4) is 0 Å². The highest BCUT2D eigenvalue weighted by Gasteiger charge is 2.76. The topological polar surface area (TPSA) is 51.8 Å². The minimum atomic E-state index is -6.57. The second-order valence-electron chi connectivity index (χ2n) is 5.78. The van der Waals surface area contributed by atoms with Gasteiger partial charge in [0.25, 0.3) is 0 Å². The molecule has 3 nitrogen and oxygen atoms in total. The van der Waals surface area contributed by atoms with E-state index in [0.717, 1.165) is 0 Å². The number of carbonyl (C=O) groups excluding carboxylic acids is 1. The summed E-state index contributed by atoms with van der Waals surface area (Å²) < 4.78 is 91.5. The number of rotatable bonds is 6. The Morgan fingerprint density at radius 3 is 1.39 bits per heavy atom. The van der Waals surface area contributed by atoms with E-state index in [0.29, 0.717) is 11.1 Å². The first kappa shape index (κ1) is 23.4. The van der Waals surface area contributed by atoms with Gasteiger partial charge in [-0.2, -0.15) is 30.7 Å². The Morgan fingerprint density at radius 1 is 0.714 bits per heavy atom.